The Morgan fingerprint density at radius 1 is 1.24 bits per heavy atom. The molecule has 0 aliphatic heterocycles. The third-order valence-electron chi connectivity index (χ3n) is 2.46. The van der Waals surface area contributed by atoms with Crippen molar-refractivity contribution in [1.82, 2.24) is 4.57 Å². The minimum Gasteiger partial charge on any atom is -0.466 e. The van der Waals surface area contributed by atoms with E-state index in [1.54, 1.807) is 24.5 Å². The molecule has 4 heteroatoms. The van der Waals surface area contributed by atoms with Crippen molar-refractivity contribution in [3.05, 3.63) is 34.7 Å². The second-order valence-corrected chi connectivity index (χ2v) is 3.89. The lowest BCUT2D eigenvalue weighted by Gasteiger charge is -2.05. The molecule has 1 aromatic heterocycles. The second kappa shape index (κ2) is 7.65. The molecule has 0 bridgehead atoms. The number of esters is 1. The summed E-state index contributed by atoms with van der Waals surface area (Å²) < 4.78 is 6.82. The van der Waals surface area contributed by atoms with Gasteiger partial charge in [0.25, 0.3) is 0 Å². The van der Waals surface area contributed by atoms with Gasteiger partial charge in [0.05, 0.1) is 6.61 Å². The molecule has 0 aromatic carbocycles. The van der Waals surface area contributed by atoms with Gasteiger partial charge in [-0.05, 0) is 19.8 Å². The normalized spacial score (nSPS) is 10.2. The first kappa shape index (κ1) is 13.5. The van der Waals surface area contributed by atoms with Crippen molar-refractivity contribution >= 4 is 5.97 Å². The van der Waals surface area contributed by atoms with E-state index in [-0.39, 0.29) is 11.4 Å². The molecule has 1 heterocycles. The summed E-state index contributed by atoms with van der Waals surface area (Å²) in [6.45, 7) is 3.15. The lowest BCUT2D eigenvalue weighted by molar-refractivity contribution is -0.143. The maximum atomic E-state index is 11.1. The molecule has 0 aliphatic carbocycles. The smallest absolute Gasteiger partial charge is 0.305 e. The van der Waals surface area contributed by atoms with Crippen LogP contribution in [0.1, 0.15) is 32.6 Å². The standard InChI is InChI=1S/C13H19NO3/c1-2-17-13(16)6-4-3-5-9-14-10-7-12(15)8-11-14/h7-8,10-11H,2-6,9H2,1H3. The first-order valence-electron chi connectivity index (χ1n) is 6.04. The number of aryl methyl sites for hydroxylation is 1. The van der Waals surface area contributed by atoms with Gasteiger partial charge < -0.3 is 9.30 Å². The molecule has 0 saturated heterocycles. The van der Waals surface area contributed by atoms with Crippen LogP contribution in [0.4, 0.5) is 0 Å². The molecule has 0 N–H and O–H groups in total. The van der Waals surface area contributed by atoms with Gasteiger partial charge in [-0.3, -0.25) is 9.59 Å². The van der Waals surface area contributed by atoms with Crippen LogP contribution in [0.25, 0.3) is 0 Å². The average molecular weight is 237 g/mol. The molecule has 0 saturated carbocycles. The van der Waals surface area contributed by atoms with Crippen molar-refractivity contribution in [3.63, 3.8) is 0 Å². The largest absolute Gasteiger partial charge is 0.466 e. The van der Waals surface area contributed by atoms with Crippen LogP contribution in [0.5, 0.6) is 0 Å². The third-order valence-corrected chi connectivity index (χ3v) is 2.46. The maximum Gasteiger partial charge on any atom is 0.305 e. The Labute approximate surface area is 101 Å². The van der Waals surface area contributed by atoms with Crippen molar-refractivity contribution < 1.29 is 9.53 Å². The van der Waals surface area contributed by atoms with Crippen LogP contribution < -0.4 is 5.43 Å². The lowest BCUT2D eigenvalue weighted by atomic mass is 10.2. The molecule has 0 atom stereocenters. The summed E-state index contributed by atoms with van der Waals surface area (Å²) in [7, 11) is 0. The number of hydrogen-bond acceptors (Lipinski definition) is 3. The van der Waals surface area contributed by atoms with E-state index in [1.807, 2.05) is 11.5 Å². The molecule has 0 aliphatic rings. The first-order chi connectivity index (χ1) is 8.22. The van der Waals surface area contributed by atoms with Crippen molar-refractivity contribution in [3.8, 4) is 0 Å². The molecule has 17 heavy (non-hydrogen) atoms. The highest BCUT2D eigenvalue weighted by Crippen LogP contribution is 2.03. The van der Waals surface area contributed by atoms with E-state index in [0.29, 0.717) is 13.0 Å². The van der Waals surface area contributed by atoms with Crippen LogP contribution in [0.15, 0.2) is 29.3 Å². The highest BCUT2D eigenvalue weighted by Gasteiger charge is 2.00. The van der Waals surface area contributed by atoms with E-state index in [1.165, 1.54) is 0 Å². The molecule has 0 spiro atoms. The Morgan fingerprint density at radius 3 is 2.59 bits per heavy atom. The fourth-order valence-electron chi connectivity index (χ4n) is 1.57. The van der Waals surface area contributed by atoms with Crippen LogP contribution in [0.2, 0.25) is 0 Å². The Kier molecular flexibility index (Phi) is 6.07. The molecule has 1 aromatic rings. The maximum absolute atomic E-state index is 11.1. The zero-order valence-corrected chi connectivity index (χ0v) is 10.2. The minimum absolute atomic E-state index is 0.0311. The highest BCUT2D eigenvalue weighted by molar-refractivity contribution is 5.69. The number of unbranched alkanes of at least 4 members (excludes halogenated alkanes) is 2. The predicted octanol–water partition coefficient (Wildman–Crippen LogP) is 1.97. The quantitative estimate of drug-likeness (QED) is 0.538. The van der Waals surface area contributed by atoms with Gasteiger partial charge in [-0.1, -0.05) is 6.42 Å². The van der Waals surface area contributed by atoms with Crippen molar-refractivity contribution in [1.29, 1.82) is 0 Å². The molecular weight excluding hydrogens is 218 g/mol. The van der Waals surface area contributed by atoms with Crippen LogP contribution >= 0.6 is 0 Å². The van der Waals surface area contributed by atoms with Gasteiger partial charge in [0.2, 0.25) is 0 Å². The summed E-state index contributed by atoms with van der Waals surface area (Å²) in [4.78, 5) is 21.9. The molecule has 0 radical (unpaired) electrons. The van der Waals surface area contributed by atoms with Crippen LogP contribution in [-0.2, 0) is 16.1 Å². The summed E-state index contributed by atoms with van der Waals surface area (Å²) in [6.07, 6.45) is 6.92. The van der Waals surface area contributed by atoms with Gasteiger partial charge in [0.15, 0.2) is 5.43 Å². The number of aromatic nitrogens is 1. The lowest BCUT2D eigenvalue weighted by Crippen LogP contribution is -2.05. The van der Waals surface area contributed by atoms with E-state index in [4.69, 9.17) is 4.74 Å². The number of hydrogen-bond donors (Lipinski definition) is 0. The summed E-state index contributed by atoms with van der Waals surface area (Å²) >= 11 is 0. The molecule has 94 valence electrons. The van der Waals surface area contributed by atoms with Gasteiger partial charge >= 0.3 is 5.97 Å². The van der Waals surface area contributed by atoms with E-state index >= 15 is 0 Å². The average Bonchev–Trinajstić information content (AvgIpc) is 2.31. The number of nitrogens with zero attached hydrogens (tertiary/aromatic N) is 1. The van der Waals surface area contributed by atoms with Gasteiger partial charge in [0.1, 0.15) is 0 Å². The van der Waals surface area contributed by atoms with Gasteiger partial charge in [-0.2, -0.15) is 0 Å². The van der Waals surface area contributed by atoms with Crippen LogP contribution in [-0.4, -0.2) is 17.1 Å². The number of rotatable bonds is 7. The fraction of sp³-hybridized carbons (Fsp3) is 0.538. The zero-order chi connectivity index (χ0) is 12.5. The fourth-order valence-corrected chi connectivity index (χ4v) is 1.57. The van der Waals surface area contributed by atoms with E-state index in [2.05, 4.69) is 0 Å². The number of carbonyl (C=O) groups is 1. The van der Waals surface area contributed by atoms with Gasteiger partial charge in [0, 0.05) is 37.5 Å². The van der Waals surface area contributed by atoms with Crippen molar-refractivity contribution in [2.45, 2.75) is 39.2 Å². The molecular formula is C13H19NO3. The molecule has 1 rings (SSSR count). The first-order valence-corrected chi connectivity index (χ1v) is 6.04. The minimum atomic E-state index is -0.115. The Balaban J connectivity index is 2.10. The number of carbonyl (C=O) groups excluding carboxylic acids is 1. The van der Waals surface area contributed by atoms with E-state index in [0.717, 1.165) is 25.8 Å². The zero-order valence-electron chi connectivity index (χ0n) is 10.2. The van der Waals surface area contributed by atoms with Crippen molar-refractivity contribution in [2.75, 3.05) is 6.61 Å². The number of ether oxygens (including phenoxy) is 1. The predicted molar refractivity (Wildman–Crippen MR) is 65.8 cm³/mol. The Bertz CT molecular complexity index is 377. The summed E-state index contributed by atoms with van der Waals surface area (Å²) in [5.41, 5.74) is 0.0311. The Morgan fingerprint density at radius 2 is 1.94 bits per heavy atom. The van der Waals surface area contributed by atoms with Crippen LogP contribution in [0.3, 0.4) is 0 Å². The molecule has 0 amide bonds. The van der Waals surface area contributed by atoms with Crippen molar-refractivity contribution in [2.24, 2.45) is 0 Å². The van der Waals surface area contributed by atoms with Crippen LogP contribution in [0, 0.1) is 0 Å². The summed E-state index contributed by atoms with van der Waals surface area (Å²) in [5, 5.41) is 0. The Hall–Kier alpha value is -1.58. The third kappa shape index (κ3) is 5.90. The highest BCUT2D eigenvalue weighted by atomic mass is 16.5. The molecule has 4 nitrogen and oxygen atoms in total. The second-order valence-electron chi connectivity index (χ2n) is 3.89. The van der Waals surface area contributed by atoms with E-state index < -0.39 is 0 Å². The van der Waals surface area contributed by atoms with E-state index in [9.17, 15) is 9.59 Å². The van der Waals surface area contributed by atoms with Gasteiger partial charge in [-0.25, -0.2) is 0 Å². The topological polar surface area (TPSA) is 48.3 Å². The SMILES string of the molecule is CCOC(=O)CCCCCn1ccc(=O)cc1. The summed E-state index contributed by atoms with van der Waals surface area (Å²) in [5.74, 6) is -0.115. The molecule has 0 fully saturated rings. The molecule has 0 unspecified atom stereocenters. The monoisotopic (exact) mass is 237 g/mol. The number of pyridine rings is 1. The van der Waals surface area contributed by atoms with Gasteiger partial charge in [-0.15, -0.1) is 0 Å². The summed E-state index contributed by atoms with van der Waals surface area (Å²) in [6, 6.07) is 3.11.